The van der Waals surface area contributed by atoms with Crippen LogP contribution in [-0.4, -0.2) is 24.6 Å². The third-order valence-electron chi connectivity index (χ3n) is 5.13. The highest BCUT2D eigenvalue weighted by Crippen LogP contribution is 2.43. The average Bonchev–Trinajstić information content (AvgIpc) is 2.71. The second kappa shape index (κ2) is 8.74. The van der Waals surface area contributed by atoms with Gasteiger partial charge in [0.25, 0.3) is 5.92 Å². The van der Waals surface area contributed by atoms with Gasteiger partial charge in [-0.25, -0.2) is 8.78 Å². The van der Waals surface area contributed by atoms with E-state index < -0.39 is 17.7 Å². The van der Waals surface area contributed by atoms with Gasteiger partial charge in [0.2, 0.25) is 5.91 Å². The van der Waals surface area contributed by atoms with Gasteiger partial charge in [0.05, 0.1) is 11.8 Å². The first-order valence-corrected chi connectivity index (χ1v) is 10.5. The molecule has 0 radical (unpaired) electrons. The van der Waals surface area contributed by atoms with E-state index >= 15 is 0 Å². The first-order valence-electron chi connectivity index (χ1n) is 9.28. The third-order valence-corrected chi connectivity index (χ3v) is 5.90. The van der Waals surface area contributed by atoms with Crippen LogP contribution >= 0.6 is 11.8 Å². The quantitative estimate of drug-likeness (QED) is 0.474. The number of nitriles is 1. The van der Waals surface area contributed by atoms with Gasteiger partial charge in [0.1, 0.15) is 12.5 Å². The number of para-hydroxylation sites is 1. The lowest BCUT2D eigenvalue weighted by atomic mass is 9.84. The summed E-state index contributed by atoms with van der Waals surface area (Å²) >= 11 is 1.43. The van der Waals surface area contributed by atoms with Crippen molar-refractivity contribution in [2.24, 2.45) is 5.92 Å². The van der Waals surface area contributed by atoms with Crippen LogP contribution in [0.5, 0.6) is 0 Å². The Morgan fingerprint density at radius 2 is 1.96 bits per heavy atom. The Labute approximate surface area is 168 Å². The number of anilines is 1. The van der Waals surface area contributed by atoms with E-state index in [1.54, 1.807) is 0 Å². The van der Waals surface area contributed by atoms with Crippen LogP contribution < -0.4 is 4.90 Å². The van der Waals surface area contributed by atoms with Gasteiger partial charge in [0, 0.05) is 16.9 Å². The van der Waals surface area contributed by atoms with Crippen molar-refractivity contribution < 1.29 is 13.6 Å². The number of rotatable bonds is 5. The van der Waals surface area contributed by atoms with E-state index in [0.717, 1.165) is 16.0 Å². The molecule has 2 aromatic carbocycles. The number of benzene rings is 2. The molecule has 0 aliphatic heterocycles. The molecule has 1 aliphatic rings. The minimum absolute atomic E-state index is 0.149. The Morgan fingerprint density at radius 3 is 2.61 bits per heavy atom. The molecular formula is C22H22F2N2OS. The normalized spacial score (nSPS) is 18.3. The summed E-state index contributed by atoms with van der Waals surface area (Å²) in [5, 5.41) is 9.36. The molecule has 1 amide bonds. The zero-order valence-electron chi connectivity index (χ0n) is 15.7. The molecule has 0 N–H and O–H groups in total. The zero-order chi connectivity index (χ0) is 20.1. The number of carbonyl (C=O) groups is 1. The first-order chi connectivity index (χ1) is 13.5. The average molecular weight is 400 g/mol. The fourth-order valence-corrected chi connectivity index (χ4v) is 4.37. The van der Waals surface area contributed by atoms with Crippen molar-refractivity contribution in [3.63, 3.8) is 0 Å². The lowest BCUT2D eigenvalue weighted by Crippen LogP contribution is -2.46. The van der Waals surface area contributed by atoms with E-state index in [2.05, 4.69) is 0 Å². The molecule has 1 unspecified atom stereocenters. The lowest BCUT2D eigenvalue weighted by molar-refractivity contribution is -0.142. The molecule has 0 saturated heterocycles. The minimum atomic E-state index is -3.04. The van der Waals surface area contributed by atoms with Gasteiger partial charge in [-0.3, -0.25) is 9.69 Å². The molecule has 0 bridgehead atoms. The number of nitrogens with zero attached hydrogens (tertiary/aromatic N) is 2. The van der Waals surface area contributed by atoms with Crippen LogP contribution in [0.1, 0.15) is 25.7 Å². The Bertz CT molecular complexity index is 880. The number of thioether (sulfide) groups is 1. The molecular weight excluding hydrogens is 378 g/mol. The highest BCUT2D eigenvalue weighted by molar-refractivity contribution is 7.98. The van der Waals surface area contributed by atoms with Crippen LogP contribution in [0.15, 0.2) is 53.4 Å². The summed E-state index contributed by atoms with van der Waals surface area (Å²) in [5.74, 6) is -5.08. The van der Waals surface area contributed by atoms with E-state index in [1.807, 2.05) is 60.9 Å². The number of amides is 1. The highest BCUT2D eigenvalue weighted by Gasteiger charge is 2.47. The van der Waals surface area contributed by atoms with Crippen molar-refractivity contribution in [3.05, 3.63) is 48.5 Å². The van der Waals surface area contributed by atoms with Crippen LogP contribution in [-0.2, 0) is 4.79 Å². The standard InChI is InChI=1S/C22H22F2N2OS/c1-28-19-12-7-10-17(16-8-3-2-4-9-16)20(19)26(15-14-25)21(27)18-11-5-6-13-22(18,23)24/h2-4,7-10,12,18H,5-6,11,13,15H2,1H3. The molecule has 1 saturated carbocycles. The monoisotopic (exact) mass is 400 g/mol. The van der Waals surface area contributed by atoms with Crippen molar-refractivity contribution in [3.8, 4) is 17.2 Å². The maximum Gasteiger partial charge on any atom is 0.259 e. The van der Waals surface area contributed by atoms with E-state index in [0.29, 0.717) is 18.5 Å². The summed E-state index contributed by atoms with van der Waals surface area (Å²) in [6.45, 7) is -0.261. The summed E-state index contributed by atoms with van der Waals surface area (Å²) < 4.78 is 29.0. The summed E-state index contributed by atoms with van der Waals surface area (Å²) in [5.41, 5.74) is 2.17. The SMILES string of the molecule is CSc1cccc(-c2ccccc2)c1N(CC#N)C(=O)C1CCCCC1(F)F. The molecule has 2 aromatic rings. The third kappa shape index (κ3) is 4.05. The molecule has 1 fully saturated rings. The Kier molecular flexibility index (Phi) is 6.35. The van der Waals surface area contributed by atoms with Crippen LogP contribution in [0.3, 0.4) is 0 Å². The molecule has 0 heterocycles. The van der Waals surface area contributed by atoms with Crippen LogP contribution in [0.4, 0.5) is 14.5 Å². The minimum Gasteiger partial charge on any atom is -0.296 e. The summed E-state index contributed by atoms with van der Waals surface area (Å²) in [6.07, 6.45) is 2.76. The fourth-order valence-electron chi connectivity index (χ4n) is 3.74. The molecule has 3 rings (SSSR count). The van der Waals surface area contributed by atoms with Crippen molar-refractivity contribution in [2.75, 3.05) is 17.7 Å². The molecule has 146 valence electrons. The molecule has 6 heteroatoms. The second-order valence-corrected chi connectivity index (χ2v) is 7.71. The number of alkyl halides is 2. The number of hydrogen-bond donors (Lipinski definition) is 0. The van der Waals surface area contributed by atoms with Crippen molar-refractivity contribution in [1.82, 2.24) is 0 Å². The molecule has 1 aliphatic carbocycles. The first kappa shape index (κ1) is 20.3. The van der Waals surface area contributed by atoms with Crippen molar-refractivity contribution in [2.45, 2.75) is 36.5 Å². The summed E-state index contributed by atoms with van der Waals surface area (Å²) in [7, 11) is 0. The van der Waals surface area contributed by atoms with Gasteiger partial charge < -0.3 is 0 Å². The smallest absolute Gasteiger partial charge is 0.259 e. The Morgan fingerprint density at radius 1 is 1.21 bits per heavy atom. The van der Waals surface area contributed by atoms with Crippen LogP contribution in [0, 0.1) is 17.2 Å². The number of carbonyl (C=O) groups excluding carboxylic acids is 1. The van der Waals surface area contributed by atoms with Gasteiger partial charge in [-0.1, -0.05) is 48.9 Å². The zero-order valence-corrected chi connectivity index (χ0v) is 16.5. The Hall–Kier alpha value is -2.39. The largest absolute Gasteiger partial charge is 0.296 e. The Balaban J connectivity index is 2.12. The molecule has 1 atom stereocenters. The molecule has 0 spiro atoms. The highest BCUT2D eigenvalue weighted by atomic mass is 32.2. The van der Waals surface area contributed by atoms with Crippen molar-refractivity contribution in [1.29, 1.82) is 5.26 Å². The van der Waals surface area contributed by atoms with Gasteiger partial charge >= 0.3 is 0 Å². The maximum atomic E-state index is 14.5. The summed E-state index contributed by atoms with van der Waals surface area (Å²) in [6, 6.07) is 17.1. The van der Waals surface area contributed by atoms with Gasteiger partial charge in [-0.2, -0.15) is 5.26 Å². The molecule has 0 aromatic heterocycles. The van der Waals surface area contributed by atoms with E-state index in [9.17, 15) is 18.8 Å². The number of halogens is 2. The lowest BCUT2D eigenvalue weighted by Gasteiger charge is -2.35. The molecule has 28 heavy (non-hydrogen) atoms. The maximum absolute atomic E-state index is 14.5. The van der Waals surface area contributed by atoms with Crippen LogP contribution in [0.2, 0.25) is 0 Å². The van der Waals surface area contributed by atoms with E-state index in [-0.39, 0.29) is 19.4 Å². The predicted molar refractivity (Wildman–Crippen MR) is 109 cm³/mol. The molecule has 3 nitrogen and oxygen atoms in total. The number of hydrogen-bond acceptors (Lipinski definition) is 3. The topological polar surface area (TPSA) is 44.1 Å². The van der Waals surface area contributed by atoms with Crippen LogP contribution in [0.25, 0.3) is 11.1 Å². The second-order valence-electron chi connectivity index (χ2n) is 6.86. The predicted octanol–water partition coefficient (Wildman–Crippen LogP) is 5.76. The fraction of sp³-hybridized carbons (Fsp3) is 0.364. The van der Waals surface area contributed by atoms with Gasteiger partial charge in [0.15, 0.2) is 0 Å². The van der Waals surface area contributed by atoms with E-state index in [4.69, 9.17) is 0 Å². The van der Waals surface area contributed by atoms with Gasteiger partial charge in [-0.05, 0) is 30.7 Å². The summed E-state index contributed by atoms with van der Waals surface area (Å²) in [4.78, 5) is 15.3. The van der Waals surface area contributed by atoms with Crippen molar-refractivity contribution >= 4 is 23.4 Å². The van der Waals surface area contributed by atoms with Gasteiger partial charge in [-0.15, -0.1) is 11.8 Å². The van der Waals surface area contributed by atoms with E-state index in [1.165, 1.54) is 16.7 Å².